The minimum atomic E-state index is -0.975. The normalized spacial score (nSPS) is 11.0. The van der Waals surface area contributed by atoms with Crippen LogP contribution < -0.4 is 10.1 Å². The maximum absolute atomic E-state index is 11.2. The first kappa shape index (κ1) is 15.8. The lowest BCUT2D eigenvalue weighted by Crippen LogP contribution is -2.08. The first-order valence-corrected chi connectivity index (χ1v) is 7.56. The number of aromatic carboxylic acids is 1. The van der Waals surface area contributed by atoms with Gasteiger partial charge in [0.2, 0.25) is 5.88 Å². The quantitative estimate of drug-likeness (QED) is 0.663. The van der Waals surface area contributed by atoms with Gasteiger partial charge < -0.3 is 15.2 Å². The molecule has 0 aliphatic rings. The number of carboxylic acids is 1. The van der Waals surface area contributed by atoms with Crippen molar-refractivity contribution in [3.63, 3.8) is 0 Å². The molecular formula is C17H18N4O3. The predicted molar refractivity (Wildman–Crippen MR) is 91.1 cm³/mol. The average molecular weight is 326 g/mol. The lowest BCUT2D eigenvalue weighted by molar-refractivity contribution is 0.0697. The van der Waals surface area contributed by atoms with Gasteiger partial charge in [-0.05, 0) is 50.4 Å². The van der Waals surface area contributed by atoms with Gasteiger partial charge in [0.1, 0.15) is 5.82 Å². The molecule has 2 aromatic heterocycles. The highest BCUT2D eigenvalue weighted by molar-refractivity contribution is 5.97. The number of pyridine rings is 1. The van der Waals surface area contributed by atoms with Crippen LogP contribution in [0.3, 0.4) is 0 Å². The number of nitrogens with zero attached hydrogens (tertiary/aromatic N) is 2. The summed E-state index contributed by atoms with van der Waals surface area (Å²) in [6.45, 7) is 5.73. The first-order chi connectivity index (χ1) is 11.4. The molecule has 0 aliphatic heterocycles. The van der Waals surface area contributed by atoms with Gasteiger partial charge in [-0.2, -0.15) is 10.1 Å². The van der Waals surface area contributed by atoms with Gasteiger partial charge in [0, 0.05) is 17.1 Å². The molecule has 124 valence electrons. The Morgan fingerprint density at radius 1 is 1.25 bits per heavy atom. The molecule has 24 heavy (non-hydrogen) atoms. The number of aromatic nitrogens is 3. The third kappa shape index (κ3) is 3.29. The lowest BCUT2D eigenvalue weighted by atomic mass is 10.1. The molecule has 3 rings (SSSR count). The van der Waals surface area contributed by atoms with Gasteiger partial charge in [0.15, 0.2) is 5.82 Å². The maximum Gasteiger partial charge on any atom is 0.335 e. The largest absolute Gasteiger partial charge is 0.478 e. The number of fused-ring (bicyclic) bond motifs is 1. The molecule has 0 aliphatic carbocycles. The Labute approximate surface area is 138 Å². The number of carbonyl (C=O) groups is 1. The number of nitrogens with one attached hydrogen (secondary N) is 2. The standard InChI is InChI=1S/C17H18N4O3/c1-9(2)24-16-13-5-4-11(17(22)23)7-12(13)8-14(19-16)18-15-6-10(3)20-21-15/h4-9H,1-3H3,(H,22,23)(H2,18,19,20,21). The summed E-state index contributed by atoms with van der Waals surface area (Å²) in [5.74, 6) is 0.642. The number of aromatic amines is 1. The van der Waals surface area contributed by atoms with Crippen LogP contribution in [0.1, 0.15) is 29.9 Å². The summed E-state index contributed by atoms with van der Waals surface area (Å²) in [6.07, 6.45) is -0.0530. The number of benzene rings is 1. The maximum atomic E-state index is 11.2. The summed E-state index contributed by atoms with van der Waals surface area (Å²) in [4.78, 5) is 15.7. The van der Waals surface area contributed by atoms with Crippen LogP contribution >= 0.6 is 0 Å². The summed E-state index contributed by atoms with van der Waals surface area (Å²) < 4.78 is 5.78. The van der Waals surface area contributed by atoms with E-state index in [1.807, 2.05) is 26.8 Å². The third-order valence-electron chi connectivity index (χ3n) is 3.35. The van der Waals surface area contributed by atoms with Crippen LogP contribution in [0.5, 0.6) is 5.88 Å². The zero-order valence-corrected chi connectivity index (χ0v) is 13.6. The van der Waals surface area contributed by atoms with Crippen LogP contribution in [-0.4, -0.2) is 32.4 Å². The Hall–Kier alpha value is -3.09. The van der Waals surface area contributed by atoms with Gasteiger partial charge >= 0.3 is 5.97 Å². The van der Waals surface area contributed by atoms with Gasteiger partial charge in [-0.1, -0.05) is 0 Å². The van der Waals surface area contributed by atoms with Crippen molar-refractivity contribution < 1.29 is 14.6 Å². The van der Waals surface area contributed by atoms with Gasteiger partial charge in [0.05, 0.1) is 11.7 Å². The Bertz CT molecular complexity index is 902. The van der Waals surface area contributed by atoms with E-state index in [4.69, 9.17) is 4.74 Å². The van der Waals surface area contributed by atoms with Crippen molar-refractivity contribution >= 4 is 28.4 Å². The highest BCUT2D eigenvalue weighted by Gasteiger charge is 2.12. The topological polar surface area (TPSA) is 100 Å². The number of hydrogen-bond acceptors (Lipinski definition) is 5. The molecule has 1 aromatic carbocycles. The van der Waals surface area contributed by atoms with E-state index in [1.165, 1.54) is 0 Å². The second-order valence-corrected chi connectivity index (χ2v) is 5.78. The number of rotatable bonds is 5. The van der Waals surface area contributed by atoms with E-state index in [2.05, 4.69) is 20.5 Å². The van der Waals surface area contributed by atoms with Crippen molar-refractivity contribution in [1.29, 1.82) is 0 Å². The summed E-state index contributed by atoms with van der Waals surface area (Å²) in [5.41, 5.74) is 1.14. The molecule has 0 bridgehead atoms. The number of H-pyrrole nitrogens is 1. The smallest absolute Gasteiger partial charge is 0.335 e. The SMILES string of the molecule is Cc1cc(Nc2cc3cc(C(=O)O)ccc3c(OC(C)C)n2)n[nH]1. The molecule has 7 heteroatoms. The highest BCUT2D eigenvalue weighted by Crippen LogP contribution is 2.29. The van der Waals surface area contributed by atoms with Crippen LogP contribution in [0.15, 0.2) is 30.3 Å². The van der Waals surface area contributed by atoms with Gasteiger partial charge in [-0.3, -0.25) is 5.10 Å². The Morgan fingerprint density at radius 3 is 2.67 bits per heavy atom. The molecular weight excluding hydrogens is 308 g/mol. The van der Waals surface area contributed by atoms with Gasteiger partial charge in [-0.15, -0.1) is 0 Å². The van der Waals surface area contributed by atoms with Crippen molar-refractivity contribution in [2.45, 2.75) is 26.9 Å². The number of aryl methyl sites for hydroxylation is 1. The predicted octanol–water partition coefficient (Wildman–Crippen LogP) is 3.50. The van der Waals surface area contributed by atoms with E-state index in [9.17, 15) is 9.90 Å². The highest BCUT2D eigenvalue weighted by atomic mass is 16.5. The Kier molecular flexibility index (Phi) is 4.07. The van der Waals surface area contributed by atoms with Crippen molar-refractivity contribution in [2.75, 3.05) is 5.32 Å². The third-order valence-corrected chi connectivity index (χ3v) is 3.35. The second kappa shape index (κ2) is 6.19. The molecule has 2 heterocycles. The number of ether oxygens (including phenoxy) is 1. The first-order valence-electron chi connectivity index (χ1n) is 7.56. The van der Waals surface area contributed by atoms with Gasteiger partial charge in [0.25, 0.3) is 0 Å². The average Bonchev–Trinajstić information content (AvgIpc) is 2.91. The molecule has 0 saturated carbocycles. The second-order valence-electron chi connectivity index (χ2n) is 5.78. The molecule has 3 N–H and O–H groups in total. The van der Waals surface area contributed by atoms with Crippen LogP contribution in [0, 0.1) is 6.92 Å². The van der Waals surface area contributed by atoms with Crippen molar-refractivity contribution in [1.82, 2.24) is 15.2 Å². The lowest BCUT2D eigenvalue weighted by Gasteiger charge is -2.14. The van der Waals surface area contributed by atoms with E-state index >= 15 is 0 Å². The van der Waals surface area contributed by atoms with E-state index in [0.29, 0.717) is 17.5 Å². The molecule has 7 nitrogen and oxygen atoms in total. The fourth-order valence-corrected chi connectivity index (χ4v) is 2.35. The Morgan fingerprint density at radius 2 is 2.04 bits per heavy atom. The van der Waals surface area contributed by atoms with E-state index in [0.717, 1.165) is 16.5 Å². The van der Waals surface area contributed by atoms with Crippen molar-refractivity contribution in [2.24, 2.45) is 0 Å². The summed E-state index contributed by atoms with van der Waals surface area (Å²) in [6, 6.07) is 8.49. The van der Waals surface area contributed by atoms with E-state index in [1.54, 1.807) is 24.3 Å². The summed E-state index contributed by atoms with van der Waals surface area (Å²) in [7, 11) is 0. The monoisotopic (exact) mass is 326 g/mol. The summed E-state index contributed by atoms with van der Waals surface area (Å²) >= 11 is 0. The van der Waals surface area contributed by atoms with Crippen LogP contribution in [0.25, 0.3) is 10.8 Å². The summed E-state index contributed by atoms with van der Waals surface area (Å²) in [5, 5.41) is 20.7. The molecule has 0 spiro atoms. The molecule has 0 radical (unpaired) electrons. The fourth-order valence-electron chi connectivity index (χ4n) is 2.35. The van der Waals surface area contributed by atoms with Crippen molar-refractivity contribution in [3.05, 3.63) is 41.6 Å². The van der Waals surface area contributed by atoms with Crippen LogP contribution in [0.2, 0.25) is 0 Å². The van der Waals surface area contributed by atoms with Gasteiger partial charge in [-0.25, -0.2) is 4.79 Å². The zero-order valence-electron chi connectivity index (χ0n) is 13.6. The molecule has 0 saturated heterocycles. The fraction of sp³-hybridized carbons (Fsp3) is 0.235. The Balaban J connectivity index is 2.09. The molecule has 0 fully saturated rings. The number of anilines is 2. The molecule has 3 aromatic rings. The minimum Gasteiger partial charge on any atom is -0.478 e. The van der Waals surface area contributed by atoms with E-state index in [-0.39, 0.29) is 11.7 Å². The number of hydrogen-bond donors (Lipinski definition) is 3. The van der Waals surface area contributed by atoms with Crippen LogP contribution in [0.4, 0.5) is 11.6 Å². The van der Waals surface area contributed by atoms with Crippen molar-refractivity contribution in [3.8, 4) is 5.88 Å². The van der Waals surface area contributed by atoms with E-state index < -0.39 is 5.97 Å². The number of carboxylic acid groups (broad SMARTS) is 1. The molecule has 0 unspecified atom stereocenters. The molecule has 0 atom stereocenters. The minimum absolute atomic E-state index is 0.0530. The molecule has 0 amide bonds. The van der Waals surface area contributed by atoms with Crippen LogP contribution in [-0.2, 0) is 0 Å². The zero-order chi connectivity index (χ0) is 17.3.